The van der Waals surface area contributed by atoms with E-state index in [1.54, 1.807) is 0 Å². The molecule has 0 unspecified atom stereocenters. The summed E-state index contributed by atoms with van der Waals surface area (Å²) in [5.74, 6) is 0. The van der Waals surface area contributed by atoms with Gasteiger partial charge in [0.15, 0.2) is 0 Å². The van der Waals surface area contributed by atoms with Gasteiger partial charge >= 0.3 is 12.1 Å². The van der Waals surface area contributed by atoms with Gasteiger partial charge in [-0.1, -0.05) is 0 Å². The Hall–Kier alpha value is -1.46. The average Bonchev–Trinajstić information content (AvgIpc) is 2.06. The first-order valence-electron chi connectivity index (χ1n) is 4.55. The van der Waals surface area contributed by atoms with Gasteiger partial charge in [0.2, 0.25) is 0 Å². The molecule has 79 valence electrons. The Bertz CT molecular complexity index is 199. The number of hydrogen-bond acceptors (Lipinski definition) is 2. The first-order valence-corrected chi connectivity index (χ1v) is 4.55. The van der Waals surface area contributed by atoms with Gasteiger partial charge in [-0.3, -0.25) is 0 Å². The topological polar surface area (TPSA) is 110 Å². The van der Waals surface area contributed by atoms with E-state index in [9.17, 15) is 9.59 Å². The minimum atomic E-state index is -0.527. The smallest absolute Gasteiger partial charge is 0.312 e. The maximum Gasteiger partial charge on any atom is 0.312 e. The predicted octanol–water partition coefficient (Wildman–Crippen LogP) is -0.202. The molecule has 0 aromatic rings. The molecule has 1 radical (unpaired) electrons. The molecule has 4 amide bonds. The molecule has 6 heteroatoms. The van der Waals surface area contributed by atoms with E-state index in [4.69, 9.17) is 11.5 Å². The predicted molar refractivity (Wildman–Crippen MR) is 50.9 cm³/mol. The van der Waals surface area contributed by atoms with Gasteiger partial charge < -0.3 is 22.1 Å². The zero-order valence-corrected chi connectivity index (χ0v) is 7.88. The summed E-state index contributed by atoms with van der Waals surface area (Å²) in [4.78, 5) is 21.1. The van der Waals surface area contributed by atoms with Crippen molar-refractivity contribution in [2.24, 2.45) is 11.5 Å². The van der Waals surface area contributed by atoms with Crippen LogP contribution in [0.5, 0.6) is 0 Å². The van der Waals surface area contributed by atoms with Gasteiger partial charge in [-0.15, -0.1) is 0 Å². The summed E-state index contributed by atoms with van der Waals surface area (Å²) in [5.41, 5.74) is 9.97. The molecule has 1 aliphatic rings. The highest BCUT2D eigenvalue weighted by molar-refractivity contribution is 5.73. The molecule has 0 spiro atoms. The minimum Gasteiger partial charge on any atom is -0.352 e. The van der Waals surface area contributed by atoms with Crippen molar-refractivity contribution in [2.75, 3.05) is 0 Å². The van der Waals surface area contributed by atoms with Gasteiger partial charge in [0.1, 0.15) is 0 Å². The summed E-state index contributed by atoms with van der Waals surface area (Å²) >= 11 is 0. The SMILES string of the molecule is NC(=O)N[C]1CCC(NC(N)=O)CC1. The Labute approximate surface area is 82.4 Å². The van der Waals surface area contributed by atoms with Crippen molar-refractivity contribution in [3.05, 3.63) is 6.04 Å². The summed E-state index contributed by atoms with van der Waals surface area (Å²) in [6.07, 6.45) is 3.07. The van der Waals surface area contributed by atoms with Gasteiger partial charge in [-0.05, 0) is 25.7 Å². The maximum absolute atomic E-state index is 10.5. The molecule has 0 aromatic heterocycles. The Kier molecular flexibility index (Phi) is 3.55. The van der Waals surface area contributed by atoms with Crippen molar-refractivity contribution < 1.29 is 9.59 Å². The second-order valence-corrected chi connectivity index (χ2v) is 3.38. The Balaban J connectivity index is 2.24. The van der Waals surface area contributed by atoms with Crippen molar-refractivity contribution in [1.82, 2.24) is 10.6 Å². The number of hydrogen-bond donors (Lipinski definition) is 4. The highest BCUT2D eigenvalue weighted by atomic mass is 16.2. The molecule has 6 N–H and O–H groups in total. The van der Waals surface area contributed by atoms with E-state index in [-0.39, 0.29) is 6.04 Å². The Morgan fingerprint density at radius 1 is 1.14 bits per heavy atom. The van der Waals surface area contributed by atoms with Crippen LogP contribution in [0.25, 0.3) is 0 Å². The highest BCUT2D eigenvalue weighted by Crippen LogP contribution is 2.23. The molecule has 0 aromatic carbocycles. The highest BCUT2D eigenvalue weighted by Gasteiger charge is 2.22. The number of carbonyl (C=O) groups is 2. The molecule has 0 saturated heterocycles. The number of nitrogens with two attached hydrogens (primary N) is 2. The summed E-state index contributed by atoms with van der Waals surface area (Å²) in [7, 11) is 0. The minimum absolute atomic E-state index is 0.117. The van der Waals surface area contributed by atoms with Crippen LogP contribution >= 0.6 is 0 Å². The van der Waals surface area contributed by atoms with Crippen molar-refractivity contribution in [2.45, 2.75) is 31.7 Å². The zero-order valence-electron chi connectivity index (χ0n) is 7.88. The third kappa shape index (κ3) is 3.51. The molecule has 6 nitrogen and oxygen atoms in total. The molecule has 1 fully saturated rings. The molecular formula is C8H15N4O2. The van der Waals surface area contributed by atoms with E-state index in [1.165, 1.54) is 0 Å². The largest absolute Gasteiger partial charge is 0.352 e. The monoisotopic (exact) mass is 199 g/mol. The van der Waals surface area contributed by atoms with E-state index in [1.807, 2.05) is 0 Å². The van der Waals surface area contributed by atoms with Crippen LogP contribution in [0.1, 0.15) is 25.7 Å². The van der Waals surface area contributed by atoms with Crippen LogP contribution in [0, 0.1) is 6.04 Å². The molecule has 1 saturated carbocycles. The van der Waals surface area contributed by atoms with Crippen LogP contribution in [0.3, 0.4) is 0 Å². The molecule has 1 rings (SSSR count). The van der Waals surface area contributed by atoms with Crippen LogP contribution in [0.2, 0.25) is 0 Å². The van der Waals surface area contributed by atoms with Crippen LogP contribution in [-0.4, -0.2) is 18.1 Å². The molecule has 14 heavy (non-hydrogen) atoms. The number of primary amides is 2. The third-order valence-electron chi connectivity index (χ3n) is 2.24. The molecule has 0 bridgehead atoms. The van der Waals surface area contributed by atoms with Crippen LogP contribution in [0.4, 0.5) is 9.59 Å². The quantitative estimate of drug-likeness (QED) is 0.493. The second kappa shape index (κ2) is 4.69. The summed E-state index contributed by atoms with van der Waals surface area (Å²) in [5, 5.41) is 5.20. The average molecular weight is 199 g/mol. The van der Waals surface area contributed by atoms with Crippen molar-refractivity contribution in [1.29, 1.82) is 0 Å². The number of rotatable bonds is 2. The summed E-state index contributed by atoms with van der Waals surface area (Å²) in [6.45, 7) is 0. The number of carbonyl (C=O) groups excluding carboxylic acids is 2. The first-order chi connectivity index (χ1) is 6.58. The zero-order chi connectivity index (χ0) is 10.6. The lowest BCUT2D eigenvalue weighted by Gasteiger charge is -2.27. The third-order valence-corrected chi connectivity index (χ3v) is 2.24. The fraction of sp³-hybridized carbons (Fsp3) is 0.625. The number of urea groups is 2. The van der Waals surface area contributed by atoms with E-state index < -0.39 is 12.1 Å². The van der Waals surface area contributed by atoms with Gasteiger partial charge in [0.25, 0.3) is 0 Å². The van der Waals surface area contributed by atoms with Crippen LogP contribution < -0.4 is 22.1 Å². The lowest BCUT2D eigenvalue weighted by atomic mass is 9.91. The Morgan fingerprint density at radius 2 is 1.71 bits per heavy atom. The summed E-state index contributed by atoms with van der Waals surface area (Å²) in [6, 6.07) is 0.0218. The van der Waals surface area contributed by atoms with E-state index in [0.29, 0.717) is 0 Å². The van der Waals surface area contributed by atoms with Crippen molar-refractivity contribution in [3.63, 3.8) is 0 Å². The molecule has 0 aliphatic heterocycles. The number of nitrogens with one attached hydrogen (secondary N) is 2. The molecule has 0 heterocycles. The van der Waals surface area contributed by atoms with E-state index in [0.717, 1.165) is 31.7 Å². The summed E-state index contributed by atoms with van der Waals surface area (Å²) < 4.78 is 0. The van der Waals surface area contributed by atoms with Crippen LogP contribution in [-0.2, 0) is 0 Å². The van der Waals surface area contributed by atoms with Gasteiger partial charge in [0.05, 0.1) is 6.04 Å². The van der Waals surface area contributed by atoms with Crippen molar-refractivity contribution in [3.8, 4) is 0 Å². The van der Waals surface area contributed by atoms with Gasteiger partial charge in [-0.2, -0.15) is 0 Å². The Morgan fingerprint density at radius 3 is 2.14 bits per heavy atom. The normalized spacial score (nSPS) is 18.9. The molecule has 0 atom stereocenters. The lowest BCUT2D eigenvalue weighted by molar-refractivity contribution is 0.237. The van der Waals surface area contributed by atoms with Crippen LogP contribution in [0.15, 0.2) is 0 Å². The standard InChI is InChI=1S/C8H15N4O2/c9-7(13)11-5-1-2-6(4-3-5)12-8(10)14/h5H,1-4H2,(H3,9,11,13)(H3,10,12,14). The van der Waals surface area contributed by atoms with Crippen molar-refractivity contribution >= 4 is 12.1 Å². The van der Waals surface area contributed by atoms with E-state index in [2.05, 4.69) is 10.6 Å². The lowest BCUT2D eigenvalue weighted by Crippen LogP contribution is -2.43. The van der Waals surface area contributed by atoms with E-state index >= 15 is 0 Å². The second-order valence-electron chi connectivity index (χ2n) is 3.38. The van der Waals surface area contributed by atoms with Gasteiger partial charge in [0, 0.05) is 6.04 Å². The fourth-order valence-electron chi connectivity index (χ4n) is 1.61. The molecular weight excluding hydrogens is 184 g/mol. The maximum atomic E-state index is 10.5. The fourth-order valence-corrected chi connectivity index (χ4v) is 1.61. The van der Waals surface area contributed by atoms with Gasteiger partial charge in [-0.25, -0.2) is 9.59 Å². The molecule has 1 aliphatic carbocycles. The first kappa shape index (κ1) is 10.6. The number of amides is 4.